The van der Waals surface area contributed by atoms with Crippen LogP contribution in [-0.2, 0) is 6.54 Å². The molecule has 3 heteroatoms. The van der Waals surface area contributed by atoms with Gasteiger partial charge in [-0.3, -0.25) is 0 Å². The largest absolute Gasteiger partial charge is 0.504 e. The van der Waals surface area contributed by atoms with E-state index in [4.69, 9.17) is 4.74 Å². The number of hydrogen-bond donors (Lipinski definition) is 2. The minimum Gasteiger partial charge on any atom is -0.504 e. The van der Waals surface area contributed by atoms with Crippen molar-refractivity contribution in [1.82, 2.24) is 5.32 Å². The molecule has 0 heterocycles. The molecule has 16 heavy (non-hydrogen) atoms. The first-order chi connectivity index (χ1) is 7.77. The van der Waals surface area contributed by atoms with Crippen molar-refractivity contribution >= 4 is 0 Å². The third-order valence-corrected chi connectivity index (χ3v) is 2.53. The number of aromatic hydroxyl groups is 1. The van der Waals surface area contributed by atoms with Crippen LogP contribution in [0.1, 0.15) is 31.7 Å². The Labute approximate surface area is 97.4 Å². The summed E-state index contributed by atoms with van der Waals surface area (Å²) in [5, 5.41) is 12.8. The normalized spacial score (nSPS) is 10.4. The molecule has 0 bridgehead atoms. The molecule has 0 saturated heterocycles. The first-order valence-corrected chi connectivity index (χ1v) is 5.84. The molecule has 1 rings (SSSR count). The highest BCUT2D eigenvalue weighted by Crippen LogP contribution is 2.25. The minimum atomic E-state index is 0.192. The fourth-order valence-electron chi connectivity index (χ4n) is 1.56. The Morgan fingerprint density at radius 3 is 2.81 bits per heavy atom. The highest BCUT2D eigenvalue weighted by atomic mass is 16.5. The molecule has 1 aromatic rings. The zero-order valence-corrected chi connectivity index (χ0v) is 10.1. The summed E-state index contributed by atoms with van der Waals surface area (Å²) < 4.78 is 5.05. The molecular weight excluding hydrogens is 202 g/mol. The number of unbranched alkanes of at least 4 members (excludes halogenated alkanes) is 2. The van der Waals surface area contributed by atoms with E-state index in [-0.39, 0.29) is 5.75 Å². The van der Waals surface area contributed by atoms with Gasteiger partial charge in [-0.15, -0.1) is 0 Å². The zero-order chi connectivity index (χ0) is 11.8. The first-order valence-electron chi connectivity index (χ1n) is 5.84. The van der Waals surface area contributed by atoms with E-state index in [1.54, 1.807) is 13.2 Å². The second-order valence-corrected chi connectivity index (χ2v) is 3.89. The lowest BCUT2D eigenvalue weighted by atomic mass is 10.2. The monoisotopic (exact) mass is 223 g/mol. The molecule has 3 nitrogen and oxygen atoms in total. The van der Waals surface area contributed by atoms with E-state index in [0.717, 1.165) is 18.7 Å². The summed E-state index contributed by atoms with van der Waals surface area (Å²) in [6, 6.07) is 5.44. The lowest BCUT2D eigenvalue weighted by Crippen LogP contribution is -2.14. The molecule has 0 aliphatic heterocycles. The number of phenolic OH excluding ortho intramolecular Hbond substituents is 1. The Kier molecular flexibility index (Phi) is 5.72. The van der Waals surface area contributed by atoms with Crippen LogP contribution in [-0.4, -0.2) is 18.8 Å². The van der Waals surface area contributed by atoms with E-state index in [1.807, 2.05) is 12.1 Å². The number of nitrogens with one attached hydrogen (secondary N) is 1. The predicted molar refractivity (Wildman–Crippen MR) is 65.9 cm³/mol. The maximum Gasteiger partial charge on any atom is 0.160 e. The molecule has 0 aliphatic rings. The Hall–Kier alpha value is -1.22. The van der Waals surface area contributed by atoms with Crippen molar-refractivity contribution in [2.24, 2.45) is 0 Å². The topological polar surface area (TPSA) is 41.5 Å². The SMILES string of the molecule is CCCCCNCc1ccc(O)c(OC)c1. The van der Waals surface area contributed by atoms with Gasteiger partial charge >= 0.3 is 0 Å². The number of methoxy groups -OCH3 is 1. The average Bonchev–Trinajstić information content (AvgIpc) is 2.31. The molecule has 0 spiro atoms. The van der Waals surface area contributed by atoms with Gasteiger partial charge < -0.3 is 15.2 Å². The molecule has 90 valence electrons. The van der Waals surface area contributed by atoms with Crippen LogP contribution >= 0.6 is 0 Å². The number of ether oxygens (including phenoxy) is 1. The number of benzene rings is 1. The van der Waals surface area contributed by atoms with Crippen molar-refractivity contribution < 1.29 is 9.84 Å². The summed E-state index contributed by atoms with van der Waals surface area (Å²) in [5.41, 5.74) is 1.13. The summed E-state index contributed by atoms with van der Waals surface area (Å²) in [7, 11) is 1.56. The highest BCUT2D eigenvalue weighted by Gasteiger charge is 2.01. The third kappa shape index (κ3) is 4.11. The number of phenols is 1. The van der Waals surface area contributed by atoms with Crippen LogP contribution in [0.3, 0.4) is 0 Å². The third-order valence-electron chi connectivity index (χ3n) is 2.53. The van der Waals surface area contributed by atoms with Crippen molar-refractivity contribution in [3.05, 3.63) is 23.8 Å². The Morgan fingerprint density at radius 2 is 2.12 bits per heavy atom. The van der Waals surface area contributed by atoms with Crippen molar-refractivity contribution in [1.29, 1.82) is 0 Å². The van der Waals surface area contributed by atoms with E-state index < -0.39 is 0 Å². The minimum absolute atomic E-state index is 0.192. The van der Waals surface area contributed by atoms with Crippen molar-refractivity contribution in [3.8, 4) is 11.5 Å². The molecular formula is C13H21NO2. The van der Waals surface area contributed by atoms with Crippen LogP contribution in [0.4, 0.5) is 0 Å². The van der Waals surface area contributed by atoms with Gasteiger partial charge in [0.2, 0.25) is 0 Å². The maximum atomic E-state index is 9.43. The van der Waals surface area contributed by atoms with Gasteiger partial charge in [0.25, 0.3) is 0 Å². The van der Waals surface area contributed by atoms with Crippen LogP contribution < -0.4 is 10.1 Å². The molecule has 0 unspecified atom stereocenters. The molecule has 0 amide bonds. The van der Waals surface area contributed by atoms with Crippen molar-refractivity contribution in [2.45, 2.75) is 32.7 Å². The molecule has 0 aliphatic carbocycles. The fraction of sp³-hybridized carbons (Fsp3) is 0.538. The van der Waals surface area contributed by atoms with Crippen LogP contribution in [0.5, 0.6) is 11.5 Å². The molecule has 0 atom stereocenters. The second kappa shape index (κ2) is 7.12. The maximum absolute atomic E-state index is 9.43. The number of hydrogen-bond acceptors (Lipinski definition) is 3. The molecule has 0 saturated carbocycles. The van der Waals surface area contributed by atoms with Crippen LogP contribution in [0.15, 0.2) is 18.2 Å². The summed E-state index contributed by atoms with van der Waals surface area (Å²) in [4.78, 5) is 0. The van der Waals surface area contributed by atoms with Gasteiger partial charge in [0.05, 0.1) is 7.11 Å². The summed E-state index contributed by atoms with van der Waals surface area (Å²) in [6.07, 6.45) is 3.73. The van der Waals surface area contributed by atoms with Crippen molar-refractivity contribution in [3.63, 3.8) is 0 Å². The molecule has 0 fully saturated rings. The zero-order valence-electron chi connectivity index (χ0n) is 10.1. The van der Waals surface area contributed by atoms with Crippen molar-refractivity contribution in [2.75, 3.05) is 13.7 Å². The van der Waals surface area contributed by atoms with Crippen LogP contribution in [0.25, 0.3) is 0 Å². The quantitative estimate of drug-likeness (QED) is 0.698. The standard InChI is InChI=1S/C13H21NO2/c1-3-4-5-8-14-10-11-6-7-12(15)13(9-11)16-2/h6-7,9,14-15H,3-5,8,10H2,1-2H3. The van der Waals surface area contributed by atoms with Crippen LogP contribution in [0, 0.1) is 0 Å². The summed E-state index contributed by atoms with van der Waals surface area (Å²) in [5.74, 6) is 0.727. The van der Waals surface area contributed by atoms with E-state index in [0.29, 0.717) is 5.75 Å². The lowest BCUT2D eigenvalue weighted by molar-refractivity contribution is 0.372. The summed E-state index contributed by atoms with van der Waals surface area (Å²) in [6.45, 7) is 4.06. The molecule has 0 radical (unpaired) electrons. The van der Waals surface area contributed by atoms with E-state index >= 15 is 0 Å². The van der Waals surface area contributed by atoms with Gasteiger partial charge in [-0.2, -0.15) is 0 Å². The summed E-state index contributed by atoms with van der Waals surface area (Å²) >= 11 is 0. The fourth-order valence-corrected chi connectivity index (χ4v) is 1.56. The second-order valence-electron chi connectivity index (χ2n) is 3.89. The molecule has 1 aromatic carbocycles. The Balaban J connectivity index is 2.36. The van der Waals surface area contributed by atoms with Gasteiger partial charge in [-0.05, 0) is 30.7 Å². The van der Waals surface area contributed by atoms with Gasteiger partial charge in [-0.1, -0.05) is 25.8 Å². The number of rotatable bonds is 7. The van der Waals surface area contributed by atoms with Gasteiger partial charge in [0, 0.05) is 6.54 Å². The Morgan fingerprint density at radius 1 is 1.31 bits per heavy atom. The predicted octanol–water partition coefficient (Wildman–Crippen LogP) is 2.68. The van der Waals surface area contributed by atoms with Gasteiger partial charge in [0.15, 0.2) is 11.5 Å². The Bertz CT molecular complexity index is 313. The first kappa shape index (κ1) is 12.8. The van der Waals surface area contributed by atoms with E-state index in [9.17, 15) is 5.11 Å². The van der Waals surface area contributed by atoms with E-state index in [2.05, 4.69) is 12.2 Å². The molecule has 0 aromatic heterocycles. The highest BCUT2D eigenvalue weighted by molar-refractivity contribution is 5.41. The van der Waals surface area contributed by atoms with E-state index in [1.165, 1.54) is 19.3 Å². The lowest BCUT2D eigenvalue weighted by Gasteiger charge is -2.07. The van der Waals surface area contributed by atoms with Gasteiger partial charge in [-0.25, -0.2) is 0 Å². The molecule has 2 N–H and O–H groups in total. The van der Waals surface area contributed by atoms with Gasteiger partial charge in [0.1, 0.15) is 0 Å². The van der Waals surface area contributed by atoms with Crippen LogP contribution in [0.2, 0.25) is 0 Å². The average molecular weight is 223 g/mol. The smallest absolute Gasteiger partial charge is 0.160 e.